The fourth-order valence-electron chi connectivity index (χ4n) is 3.20. The van der Waals surface area contributed by atoms with Gasteiger partial charge in [-0.15, -0.1) is 0 Å². The first-order valence-electron chi connectivity index (χ1n) is 6.44. The van der Waals surface area contributed by atoms with Crippen molar-refractivity contribution >= 4 is 34.8 Å². The Kier molecular flexibility index (Phi) is 3.11. The molecule has 1 saturated carbocycles. The second-order valence-corrected chi connectivity index (χ2v) is 6.51. The van der Waals surface area contributed by atoms with E-state index in [1.54, 1.807) is 18.2 Å². The lowest BCUT2D eigenvalue weighted by atomic mass is 9.77. The molecule has 3 atom stereocenters. The molecule has 0 aromatic heterocycles. The lowest BCUT2D eigenvalue weighted by Gasteiger charge is -2.29. The minimum Gasteiger partial charge on any atom is -0.326 e. The van der Waals surface area contributed by atoms with Gasteiger partial charge < -0.3 is 5.32 Å². The van der Waals surface area contributed by atoms with Crippen molar-refractivity contribution in [1.29, 1.82) is 0 Å². The molecule has 2 bridgehead atoms. The standard InChI is InChI=1S/C15H15Cl2NO/c1-15(8-9-2-3-10(15)6-9)14(19)18-11-4-5-12(16)13(17)7-11/h2-5,7,9-10H,6,8H2,1H3,(H,18,19)/t9-,10+,15-/m1/s1. The molecule has 0 unspecified atom stereocenters. The zero-order chi connectivity index (χ0) is 13.6. The first kappa shape index (κ1) is 13.0. The van der Waals surface area contributed by atoms with Crippen molar-refractivity contribution in [2.75, 3.05) is 5.32 Å². The molecule has 1 amide bonds. The van der Waals surface area contributed by atoms with Crippen LogP contribution in [0.25, 0.3) is 0 Å². The molecule has 1 fully saturated rings. The van der Waals surface area contributed by atoms with Crippen molar-refractivity contribution in [2.45, 2.75) is 19.8 Å². The molecule has 4 heteroatoms. The average Bonchev–Trinajstić information content (AvgIpc) is 2.94. The van der Waals surface area contributed by atoms with Crippen LogP contribution in [0.15, 0.2) is 30.4 Å². The molecule has 0 aliphatic heterocycles. The van der Waals surface area contributed by atoms with Gasteiger partial charge in [0.05, 0.1) is 15.5 Å². The summed E-state index contributed by atoms with van der Waals surface area (Å²) in [6, 6.07) is 5.16. The predicted molar refractivity (Wildman–Crippen MR) is 78.6 cm³/mol. The number of halogens is 2. The largest absolute Gasteiger partial charge is 0.326 e. The number of rotatable bonds is 2. The van der Waals surface area contributed by atoms with Gasteiger partial charge in [-0.05, 0) is 42.9 Å². The number of carbonyl (C=O) groups excluding carboxylic acids is 1. The summed E-state index contributed by atoms with van der Waals surface area (Å²) < 4.78 is 0. The quantitative estimate of drug-likeness (QED) is 0.798. The highest BCUT2D eigenvalue weighted by atomic mass is 35.5. The first-order chi connectivity index (χ1) is 8.99. The van der Waals surface area contributed by atoms with E-state index >= 15 is 0 Å². The van der Waals surface area contributed by atoms with E-state index in [9.17, 15) is 4.79 Å². The Labute approximate surface area is 122 Å². The summed E-state index contributed by atoms with van der Waals surface area (Å²) >= 11 is 11.8. The van der Waals surface area contributed by atoms with Crippen LogP contribution in [0.5, 0.6) is 0 Å². The molecule has 19 heavy (non-hydrogen) atoms. The molecule has 2 aliphatic rings. The minimum absolute atomic E-state index is 0.0720. The van der Waals surface area contributed by atoms with Gasteiger partial charge in [0.15, 0.2) is 0 Å². The molecule has 0 radical (unpaired) electrons. The number of fused-ring (bicyclic) bond motifs is 2. The van der Waals surface area contributed by atoms with Crippen molar-refractivity contribution in [1.82, 2.24) is 0 Å². The zero-order valence-corrected chi connectivity index (χ0v) is 12.1. The summed E-state index contributed by atoms with van der Waals surface area (Å²) in [5, 5.41) is 3.91. The Morgan fingerprint density at radius 3 is 2.68 bits per heavy atom. The smallest absolute Gasteiger partial charge is 0.230 e. The van der Waals surface area contributed by atoms with Crippen molar-refractivity contribution in [3.8, 4) is 0 Å². The molecule has 0 heterocycles. The van der Waals surface area contributed by atoms with Crippen LogP contribution < -0.4 is 5.32 Å². The predicted octanol–water partition coefficient (Wildman–Crippen LogP) is 4.53. The van der Waals surface area contributed by atoms with E-state index in [4.69, 9.17) is 23.2 Å². The Morgan fingerprint density at radius 2 is 2.11 bits per heavy atom. The van der Waals surface area contributed by atoms with Crippen molar-refractivity contribution in [3.63, 3.8) is 0 Å². The Balaban J connectivity index is 1.78. The van der Waals surface area contributed by atoms with Crippen LogP contribution in [0.3, 0.4) is 0 Å². The van der Waals surface area contributed by atoms with E-state index < -0.39 is 0 Å². The number of benzene rings is 1. The van der Waals surface area contributed by atoms with Gasteiger partial charge in [0.25, 0.3) is 0 Å². The Hall–Kier alpha value is -0.990. The number of allylic oxidation sites excluding steroid dienone is 2. The fraction of sp³-hybridized carbons (Fsp3) is 0.400. The highest BCUT2D eigenvalue weighted by molar-refractivity contribution is 6.42. The minimum atomic E-state index is -0.300. The molecule has 3 rings (SSSR count). The normalized spacial score (nSPS) is 31.7. The van der Waals surface area contributed by atoms with Gasteiger partial charge in [0, 0.05) is 5.69 Å². The van der Waals surface area contributed by atoms with Crippen molar-refractivity contribution in [2.24, 2.45) is 17.3 Å². The number of nitrogens with one attached hydrogen (secondary N) is 1. The number of hydrogen-bond acceptors (Lipinski definition) is 1. The van der Waals surface area contributed by atoms with Gasteiger partial charge in [0.1, 0.15) is 0 Å². The maximum atomic E-state index is 12.5. The lowest BCUT2D eigenvalue weighted by molar-refractivity contribution is -0.126. The fourth-order valence-corrected chi connectivity index (χ4v) is 3.50. The zero-order valence-electron chi connectivity index (χ0n) is 10.6. The van der Waals surface area contributed by atoms with E-state index in [-0.39, 0.29) is 11.3 Å². The second kappa shape index (κ2) is 4.53. The molecule has 1 aromatic carbocycles. The third-order valence-electron chi connectivity index (χ3n) is 4.37. The third kappa shape index (κ3) is 2.17. The molecular formula is C15H15Cl2NO. The highest BCUT2D eigenvalue weighted by Crippen LogP contribution is 2.52. The molecule has 2 nitrogen and oxygen atoms in total. The van der Waals surface area contributed by atoms with Gasteiger partial charge in [-0.25, -0.2) is 0 Å². The van der Waals surface area contributed by atoms with Gasteiger partial charge in [-0.1, -0.05) is 42.3 Å². The summed E-state index contributed by atoms with van der Waals surface area (Å²) in [6.07, 6.45) is 6.45. The molecule has 1 aromatic rings. The van der Waals surface area contributed by atoms with Crippen LogP contribution >= 0.6 is 23.2 Å². The third-order valence-corrected chi connectivity index (χ3v) is 5.11. The topological polar surface area (TPSA) is 29.1 Å². The van der Waals surface area contributed by atoms with Crippen LogP contribution in [0, 0.1) is 17.3 Å². The second-order valence-electron chi connectivity index (χ2n) is 5.69. The van der Waals surface area contributed by atoms with E-state index in [1.165, 1.54) is 0 Å². The van der Waals surface area contributed by atoms with Gasteiger partial charge in [-0.2, -0.15) is 0 Å². The molecule has 100 valence electrons. The summed E-state index contributed by atoms with van der Waals surface area (Å²) in [6.45, 7) is 2.05. The molecule has 2 aliphatic carbocycles. The maximum absolute atomic E-state index is 12.5. The summed E-state index contributed by atoms with van der Waals surface area (Å²) in [5.41, 5.74) is 0.401. The lowest BCUT2D eigenvalue weighted by Crippen LogP contribution is -2.36. The molecular weight excluding hydrogens is 281 g/mol. The van der Waals surface area contributed by atoms with E-state index in [0.29, 0.717) is 27.6 Å². The Bertz CT molecular complexity index is 569. The number of amides is 1. The van der Waals surface area contributed by atoms with Crippen LogP contribution in [-0.4, -0.2) is 5.91 Å². The van der Waals surface area contributed by atoms with Crippen molar-refractivity contribution in [3.05, 3.63) is 40.4 Å². The monoisotopic (exact) mass is 295 g/mol. The van der Waals surface area contributed by atoms with Crippen LogP contribution in [0.4, 0.5) is 5.69 Å². The summed E-state index contributed by atoms with van der Waals surface area (Å²) in [7, 11) is 0. The Morgan fingerprint density at radius 1 is 1.32 bits per heavy atom. The number of carbonyl (C=O) groups is 1. The van der Waals surface area contributed by atoms with Crippen LogP contribution in [-0.2, 0) is 4.79 Å². The summed E-state index contributed by atoms with van der Waals surface area (Å²) in [5.74, 6) is 0.998. The summed E-state index contributed by atoms with van der Waals surface area (Å²) in [4.78, 5) is 12.5. The van der Waals surface area contributed by atoms with Gasteiger partial charge in [-0.3, -0.25) is 4.79 Å². The van der Waals surface area contributed by atoms with Crippen molar-refractivity contribution < 1.29 is 4.79 Å². The number of anilines is 1. The van der Waals surface area contributed by atoms with E-state index in [0.717, 1.165) is 12.8 Å². The van der Waals surface area contributed by atoms with E-state index in [2.05, 4.69) is 17.5 Å². The average molecular weight is 296 g/mol. The number of hydrogen-bond donors (Lipinski definition) is 1. The highest BCUT2D eigenvalue weighted by Gasteiger charge is 2.49. The SMILES string of the molecule is C[C@@]1(C(=O)Nc2ccc(Cl)c(Cl)c2)C[C@@H]2C=C[C@H]1C2. The van der Waals surface area contributed by atoms with Crippen LogP contribution in [0.1, 0.15) is 19.8 Å². The first-order valence-corrected chi connectivity index (χ1v) is 7.19. The van der Waals surface area contributed by atoms with E-state index in [1.807, 2.05) is 6.92 Å². The maximum Gasteiger partial charge on any atom is 0.230 e. The molecule has 0 saturated heterocycles. The molecule has 0 spiro atoms. The molecule has 1 N–H and O–H groups in total. The van der Waals surface area contributed by atoms with Gasteiger partial charge in [0.2, 0.25) is 5.91 Å². The van der Waals surface area contributed by atoms with Crippen LogP contribution in [0.2, 0.25) is 10.0 Å². The van der Waals surface area contributed by atoms with Gasteiger partial charge >= 0.3 is 0 Å².